The van der Waals surface area contributed by atoms with Crippen molar-refractivity contribution in [2.75, 3.05) is 12.0 Å². The van der Waals surface area contributed by atoms with Crippen LogP contribution in [0.25, 0.3) is 11.6 Å². The van der Waals surface area contributed by atoms with Crippen molar-refractivity contribution in [3.05, 3.63) is 208 Å². The van der Waals surface area contributed by atoms with Gasteiger partial charge in [0.1, 0.15) is 23.0 Å². The lowest BCUT2D eigenvalue weighted by Crippen LogP contribution is -2.20. The molecule has 0 saturated heterocycles. The van der Waals surface area contributed by atoms with Crippen molar-refractivity contribution < 1.29 is 28.5 Å². The SMILES string of the molecule is C.C.COc1ccc(C(=Cc2ccc(N(c3ccc(C)cc3)c3ccc(C)cc3)cc2)c2ccc(OC(=O)Oc3ccc(C(C)(C)c4ccc(OC(C)=O)c(C)c4)cc3C)cc2)cc1. The lowest BCUT2D eigenvalue weighted by molar-refractivity contribution is -0.131. The van der Waals surface area contributed by atoms with Gasteiger partial charge in [-0.2, -0.15) is 0 Å². The van der Waals surface area contributed by atoms with Gasteiger partial charge < -0.3 is 23.8 Å². The Hall–Kier alpha value is -7.38. The maximum atomic E-state index is 13.1. The van der Waals surface area contributed by atoms with Gasteiger partial charge in [-0.1, -0.05) is 125 Å². The fourth-order valence-corrected chi connectivity index (χ4v) is 7.36. The summed E-state index contributed by atoms with van der Waals surface area (Å²) in [7, 11) is 1.66. The first-order chi connectivity index (χ1) is 29.8. The lowest BCUT2D eigenvalue weighted by atomic mass is 9.77. The van der Waals surface area contributed by atoms with E-state index in [2.05, 4.69) is 111 Å². The molecule has 0 unspecified atom stereocenters. The third kappa shape index (κ3) is 11.2. The number of hydrogen-bond donors (Lipinski definition) is 0. The van der Waals surface area contributed by atoms with E-state index in [1.807, 2.05) is 80.6 Å². The number of methoxy groups -OCH3 is 1. The second-order valence-electron chi connectivity index (χ2n) is 16.0. The van der Waals surface area contributed by atoms with Crippen LogP contribution in [0.1, 0.15) is 85.7 Å². The van der Waals surface area contributed by atoms with Gasteiger partial charge in [0.2, 0.25) is 0 Å². The molecule has 7 aromatic carbocycles. The Bertz CT molecular complexity index is 2670. The normalized spacial score (nSPS) is 11.1. The highest BCUT2D eigenvalue weighted by Gasteiger charge is 2.25. The highest BCUT2D eigenvalue weighted by atomic mass is 16.7. The van der Waals surface area contributed by atoms with Gasteiger partial charge in [-0.15, -0.1) is 0 Å². The van der Waals surface area contributed by atoms with Gasteiger partial charge in [0.15, 0.2) is 0 Å². The third-order valence-corrected chi connectivity index (χ3v) is 11.1. The molecular weight excluding hydrogens is 795 g/mol. The van der Waals surface area contributed by atoms with E-state index in [-0.39, 0.29) is 26.2 Å². The number of ether oxygens (including phenoxy) is 4. The molecule has 0 N–H and O–H groups in total. The Balaban J connectivity index is 0.00000385. The van der Waals surface area contributed by atoms with Crippen LogP contribution in [0.4, 0.5) is 21.9 Å². The number of hydrogen-bond acceptors (Lipinski definition) is 7. The second kappa shape index (κ2) is 20.7. The number of carbonyl (C=O) groups is 2. The van der Waals surface area contributed by atoms with Crippen LogP contribution in [-0.4, -0.2) is 19.2 Å². The number of carbonyl (C=O) groups excluding carboxylic acids is 2. The Kier molecular flexibility index (Phi) is 15.4. The molecule has 7 heteroatoms. The number of esters is 1. The van der Waals surface area contributed by atoms with Crippen LogP contribution in [-0.2, 0) is 10.2 Å². The summed E-state index contributed by atoms with van der Waals surface area (Å²) in [5, 5.41) is 0. The van der Waals surface area contributed by atoms with Crippen molar-refractivity contribution >= 4 is 40.8 Å². The molecule has 0 aliphatic rings. The van der Waals surface area contributed by atoms with Crippen molar-refractivity contribution in [2.45, 2.75) is 68.7 Å². The minimum Gasteiger partial charge on any atom is -0.497 e. The van der Waals surface area contributed by atoms with E-state index < -0.39 is 6.16 Å². The molecule has 7 rings (SSSR count). The molecule has 0 aromatic heterocycles. The zero-order chi connectivity index (χ0) is 44.0. The summed E-state index contributed by atoms with van der Waals surface area (Å²) in [6, 6.07) is 52.6. The Morgan fingerprint density at radius 1 is 0.516 bits per heavy atom. The van der Waals surface area contributed by atoms with Gasteiger partial charge in [-0.25, -0.2) is 4.79 Å². The first kappa shape index (κ1) is 47.7. The average molecular weight is 854 g/mol. The quantitative estimate of drug-likeness (QED) is 0.0524. The number of anilines is 3. The van der Waals surface area contributed by atoms with Crippen LogP contribution in [0.5, 0.6) is 23.0 Å². The van der Waals surface area contributed by atoms with Crippen molar-refractivity contribution in [1.29, 1.82) is 0 Å². The zero-order valence-electron chi connectivity index (χ0n) is 36.5. The minimum atomic E-state index is -0.833. The predicted octanol–water partition coefficient (Wildman–Crippen LogP) is 15.1. The lowest BCUT2D eigenvalue weighted by Gasteiger charge is -2.27. The summed E-state index contributed by atoms with van der Waals surface area (Å²) in [5.74, 6) is 1.72. The summed E-state index contributed by atoms with van der Waals surface area (Å²) >= 11 is 0. The fourth-order valence-electron chi connectivity index (χ4n) is 7.36. The van der Waals surface area contributed by atoms with Crippen molar-refractivity contribution in [1.82, 2.24) is 0 Å². The first-order valence-electron chi connectivity index (χ1n) is 20.6. The number of aryl methyl sites for hydroxylation is 4. The third-order valence-electron chi connectivity index (χ3n) is 11.1. The van der Waals surface area contributed by atoms with Crippen LogP contribution in [0, 0.1) is 27.7 Å². The molecule has 7 aromatic rings. The highest BCUT2D eigenvalue weighted by Crippen LogP contribution is 2.38. The standard InChI is InChI=1S/C55H51NO6.2CH4/c1-36-9-21-46(22-10-36)56(47-23-11-37(2)12-24-47)48-25-13-41(14-26-48)35-51(42-15-27-49(59-8)28-16-42)43-17-29-50(30-18-43)61-54(58)62-53-32-20-45(34-39(53)4)55(6,7)44-19-31-52(38(3)33-44)60-40(5)57;;/h9-35H,1-8H3;2*1H4. The molecular formula is C57H59NO6. The van der Waals surface area contributed by atoms with E-state index in [4.69, 9.17) is 18.9 Å². The summed E-state index contributed by atoms with van der Waals surface area (Å²) in [5.41, 5.74) is 12.9. The van der Waals surface area contributed by atoms with E-state index in [1.165, 1.54) is 18.1 Å². The molecule has 0 aliphatic heterocycles. The first-order valence-corrected chi connectivity index (χ1v) is 20.6. The monoisotopic (exact) mass is 853 g/mol. The Morgan fingerprint density at radius 2 is 0.938 bits per heavy atom. The molecule has 0 spiro atoms. The number of benzene rings is 7. The molecule has 0 radical (unpaired) electrons. The molecule has 0 atom stereocenters. The summed E-state index contributed by atoms with van der Waals surface area (Å²) in [4.78, 5) is 26.9. The summed E-state index contributed by atoms with van der Waals surface area (Å²) < 4.78 is 22.1. The minimum absolute atomic E-state index is 0. The molecule has 0 fully saturated rings. The highest BCUT2D eigenvalue weighted by molar-refractivity contribution is 5.92. The van der Waals surface area contributed by atoms with Gasteiger partial charge in [-0.3, -0.25) is 4.79 Å². The van der Waals surface area contributed by atoms with Crippen molar-refractivity contribution in [3.63, 3.8) is 0 Å². The van der Waals surface area contributed by atoms with Crippen LogP contribution in [0.3, 0.4) is 0 Å². The molecule has 0 aliphatic carbocycles. The molecule has 0 bridgehead atoms. The topological polar surface area (TPSA) is 74.3 Å². The smallest absolute Gasteiger partial charge is 0.497 e. The van der Waals surface area contributed by atoms with E-state index >= 15 is 0 Å². The summed E-state index contributed by atoms with van der Waals surface area (Å²) in [6.07, 6.45) is 1.32. The predicted molar refractivity (Wildman–Crippen MR) is 263 cm³/mol. The van der Waals surface area contributed by atoms with Gasteiger partial charge in [0, 0.05) is 29.4 Å². The van der Waals surface area contributed by atoms with Crippen LogP contribution < -0.4 is 23.8 Å². The van der Waals surface area contributed by atoms with Gasteiger partial charge in [-0.05, 0) is 151 Å². The second-order valence-corrected chi connectivity index (χ2v) is 16.0. The fraction of sp³-hybridized carbons (Fsp3) is 0.193. The molecule has 7 nitrogen and oxygen atoms in total. The van der Waals surface area contributed by atoms with E-state index in [1.54, 1.807) is 25.3 Å². The molecule has 0 amide bonds. The zero-order valence-corrected chi connectivity index (χ0v) is 36.5. The van der Waals surface area contributed by atoms with Crippen molar-refractivity contribution in [2.24, 2.45) is 0 Å². The van der Waals surface area contributed by atoms with E-state index in [0.29, 0.717) is 17.2 Å². The average Bonchev–Trinajstić information content (AvgIpc) is 3.26. The Morgan fingerprint density at radius 3 is 1.36 bits per heavy atom. The van der Waals surface area contributed by atoms with E-state index in [0.717, 1.165) is 67.3 Å². The van der Waals surface area contributed by atoms with Crippen molar-refractivity contribution in [3.8, 4) is 23.0 Å². The maximum absolute atomic E-state index is 13.1. The number of nitrogens with zero attached hydrogens (tertiary/aromatic N) is 1. The number of rotatable bonds is 12. The van der Waals surface area contributed by atoms with E-state index in [9.17, 15) is 9.59 Å². The van der Waals surface area contributed by atoms with Gasteiger partial charge in [0.25, 0.3) is 0 Å². The Labute approximate surface area is 379 Å². The molecule has 0 heterocycles. The molecule has 64 heavy (non-hydrogen) atoms. The van der Waals surface area contributed by atoms with Gasteiger partial charge in [0.05, 0.1) is 7.11 Å². The van der Waals surface area contributed by atoms with Crippen LogP contribution in [0.2, 0.25) is 0 Å². The maximum Gasteiger partial charge on any atom is 0.519 e. The van der Waals surface area contributed by atoms with Crippen LogP contribution in [0.15, 0.2) is 158 Å². The molecule has 328 valence electrons. The molecule has 0 saturated carbocycles. The van der Waals surface area contributed by atoms with Gasteiger partial charge >= 0.3 is 12.1 Å². The summed E-state index contributed by atoms with van der Waals surface area (Å²) in [6.45, 7) is 13.7. The largest absolute Gasteiger partial charge is 0.519 e. The van der Waals surface area contributed by atoms with Crippen LogP contribution >= 0.6 is 0 Å².